The van der Waals surface area contributed by atoms with Gasteiger partial charge in [-0.2, -0.15) is 0 Å². The second-order valence-electron chi connectivity index (χ2n) is 8.05. The Bertz CT molecular complexity index is 809. The fraction of sp³-hybridized carbons (Fsp3) is 0.667. The molecule has 1 aromatic rings. The molecule has 30 heavy (non-hydrogen) atoms. The Morgan fingerprint density at radius 3 is 2.80 bits per heavy atom. The zero-order chi connectivity index (χ0) is 21.4. The molecule has 2 heterocycles. The van der Waals surface area contributed by atoms with Crippen molar-refractivity contribution in [2.45, 2.75) is 30.7 Å². The maximum absolute atomic E-state index is 12.4. The van der Waals surface area contributed by atoms with Gasteiger partial charge < -0.3 is 19.9 Å². The minimum Gasteiger partial charge on any atom is -0.383 e. The summed E-state index contributed by atoms with van der Waals surface area (Å²) in [7, 11) is -0.190. The summed E-state index contributed by atoms with van der Waals surface area (Å²) in [5.74, 6) is 1.57. The molecule has 2 aliphatic heterocycles. The molecule has 2 saturated heterocycles. The predicted octanol–water partition coefficient (Wildman–Crippen LogP) is 1.10. The van der Waals surface area contributed by atoms with Crippen LogP contribution in [0.5, 0.6) is 0 Å². The summed E-state index contributed by atoms with van der Waals surface area (Å²) in [6.45, 7) is 6.81. The summed E-state index contributed by atoms with van der Waals surface area (Å²) < 4.78 is 32.3. The smallest absolute Gasteiger partial charge is 0.240 e. The highest BCUT2D eigenvalue weighted by Gasteiger charge is 2.27. The molecule has 2 fully saturated rings. The molecule has 0 aliphatic carbocycles. The van der Waals surface area contributed by atoms with E-state index in [-0.39, 0.29) is 11.4 Å². The fourth-order valence-corrected chi connectivity index (χ4v) is 5.28. The lowest BCUT2D eigenvalue weighted by molar-refractivity contribution is 0.204. The summed E-state index contributed by atoms with van der Waals surface area (Å²) in [6.07, 6.45) is 3.85. The first kappa shape index (κ1) is 23.0. The van der Waals surface area contributed by atoms with Crippen LogP contribution in [0.25, 0.3) is 0 Å². The number of hydrogen-bond donors (Lipinski definition) is 2. The Balaban J connectivity index is 1.52. The quantitative estimate of drug-likeness (QED) is 0.342. The third-order valence-electron chi connectivity index (χ3n) is 5.77. The van der Waals surface area contributed by atoms with Crippen molar-refractivity contribution in [1.82, 2.24) is 19.8 Å². The number of aliphatic imine (C=N–C) groups is 1. The minimum atomic E-state index is -3.54. The number of sulfonamides is 1. The van der Waals surface area contributed by atoms with Gasteiger partial charge >= 0.3 is 0 Å². The standard InChI is InChI=1S/C21H35N5O3S/c1-22-21(26-12-8-19(17-26)16-25-10-3-4-11-25)23-15-18-6-5-7-20(14-18)30(27,28)24-9-13-29-2/h5-7,14,19,24H,3-4,8-13,15-17H2,1-2H3,(H,22,23). The van der Waals surface area contributed by atoms with Gasteiger partial charge in [-0.05, 0) is 56.0 Å². The molecule has 0 radical (unpaired) electrons. The molecule has 0 saturated carbocycles. The highest BCUT2D eigenvalue weighted by Crippen LogP contribution is 2.20. The van der Waals surface area contributed by atoms with E-state index in [4.69, 9.17) is 4.74 Å². The van der Waals surface area contributed by atoms with Gasteiger partial charge in [0.1, 0.15) is 0 Å². The van der Waals surface area contributed by atoms with Crippen LogP contribution in [0.15, 0.2) is 34.2 Å². The zero-order valence-corrected chi connectivity index (χ0v) is 19.0. The molecule has 9 heteroatoms. The highest BCUT2D eigenvalue weighted by molar-refractivity contribution is 7.89. The normalized spacial score (nSPS) is 20.8. The lowest BCUT2D eigenvalue weighted by Crippen LogP contribution is -2.40. The molecule has 1 atom stereocenters. The van der Waals surface area contributed by atoms with E-state index in [0.29, 0.717) is 19.1 Å². The zero-order valence-electron chi connectivity index (χ0n) is 18.1. The van der Waals surface area contributed by atoms with Crippen molar-refractivity contribution < 1.29 is 13.2 Å². The monoisotopic (exact) mass is 437 g/mol. The lowest BCUT2D eigenvalue weighted by atomic mass is 10.1. The molecule has 3 rings (SSSR count). The predicted molar refractivity (Wildman–Crippen MR) is 119 cm³/mol. The van der Waals surface area contributed by atoms with Gasteiger partial charge in [-0.3, -0.25) is 4.99 Å². The van der Waals surface area contributed by atoms with Crippen LogP contribution in [0.1, 0.15) is 24.8 Å². The van der Waals surface area contributed by atoms with E-state index in [9.17, 15) is 8.42 Å². The summed E-state index contributed by atoms with van der Waals surface area (Å²) in [5.41, 5.74) is 0.901. The van der Waals surface area contributed by atoms with Crippen LogP contribution in [-0.4, -0.2) is 84.2 Å². The number of methoxy groups -OCH3 is 1. The maximum Gasteiger partial charge on any atom is 0.240 e. The van der Waals surface area contributed by atoms with Gasteiger partial charge in [-0.1, -0.05) is 12.1 Å². The molecule has 0 aromatic heterocycles. The number of nitrogens with zero attached hydrogens (tertiary/aromatic N) is 3. The van der Waals surface area contributed by atoms with Crippen LogP contribution in [0, 0.1) is 5.92 Å². The Labute approximate surface area is 180 Å². The van der Waals surface area contributed by atoms with Crippen molar-refractivity contribution in [3.05, 3.63) is 29.8 Å². The number of benzene rings is 1. The average Bonchev–Trinajstić information content (AvgIpc) is 3.42. The second-order valence-corrected chi connectivity index (χ2v) is 9.81. The first-order valence-electron chi connectivity index (χ1n) is 10.8. The number of guanidine groups is 1. The molecule has 0 bridgehead atoms. The van der Waals surface area contributed by atoms with Crippen molar-refractivity contribution in [2.24, 2.45) is 10.9 Å². The number of ether oxygens (including phenoxy) is 1. The highest BCUT2D eigenvalue weighted by atomic mass is 32.2. The van der Waals surface area contributed by atoms with E-state index in [0.717, 1.165) is 24.6 Å². The van der Waals surface area contributed by atoms with E-state index in [2.05, 4.69) is 24.8 Å². The third kappa shape index (κ3) is 6.41. The molecule has 8 nitrogen and oxygen atoms in total. The molecule has 0 amide bonds. The summed E-state index contributed by atoms with van der Waals surface area (Å²) >= 11 is 0. The molecular formula is C21H35N5O3S. The Kier molecular flexibility index (Phi) is 8.50. The molecule has 168 valence electrons. The van der Waals surface area contributed by atoms with Crippen molar-refractivity contribution in [2.75, 3.05) is 60.0 Å². The van der Waals surface area contributed by atoms with Gasteiger partial charge in [0.05, 0.1) is 11.5 Å². The largest absolute Gasteiger partial charge is 0.383 e. The topological polar surface area (TPSA) is 86.3 Å². The average molecular weight is 438 g/mol. The van der Waals surface area contributed by atoms with Crippen LogP contribution in [0.4, 0.5) is 0 Å². The summed E-state index contributed by atoms with van der Waals surface area (Å²) in [5, 5.41) is 3.40. The van der Waals surface area contributed by atoms with Gasteiger partial charge in [0, 0.05) is 46.9 Å². The van der Waals surface area contributed by atoms with Gasteiger partial charge in [-0.15, -0.1) is 0 Å². The van der Waals surface area contributed by atoms with E-state index in [1.165, 1.54) is 38.9 Å². The van der Waals surface area contributed by atoms with Crippen molar-refractivity contribution in [1.29, 1.82) is 0 Å². The molecule has 2 N–H and O–H groups in total. The third-order valence-corrected chi connectivity index (χ3v) is 7.23. The SMILES string of the molecule is CN=C(NCc1cccc(S(=O)(=O)NCCOC)c1)N1CCC(CN2CCCC2)C1. The number of rotatable bonds is 9. The van der Waals surface area contributed by atoms with Crippen LogP contribution < -0.4 is 10.0 Å². The van der Waals surface area contributed by atoms with Crippen LogP contribution in [-0.2, 0) is 21.3 Å². The number of nitrogens with one attached hydrogen (secondary N) is 2. The number of likely N-dealkylation sites (tertiary alicyclic amines) is 2. The maximum atomic E-state index is 12.4. The second kappa shape index (κ2) is 11.1. The van der Waals surface area contributed by atoms with Crippen LogP contribution in [0.2, 0.25) is 0 Å². The summed E-state index contributed by atoms with van der Waals surface area (Å²) in [4.78, 5) is 9.60. The van der Waals surface area contributed by atoms with E-state index < -0.39 is 10.0 Å². The molecule has 0 spiro atoms. The van der Waals surface area contributed by atoms with Gasteiger partial charge in [0.2, 0.25) is 10.0 Å². The number of hydrogen-bond acceptors (Lipinski definition) is 5. The van der Waals surface area contributed by atoms with Crippen molar-refractivity contribution in [3.8, 4) is 0 Å². The van der Waals surface area contributed by atoms with Crippen molar-refractivity contribution in [3.63, 3.8) is 0 Å². The van der Waals surface area contributed by atoms with E-state index in [1.54, 1.807) is 32.4 Å². The van der Waals surface area contributed by atoms with Crippen molar-refractivity contribution >= 4 is 16.0 Å². The molecule has 2 aliphatic rings. The minimum absolute atomic E-state index is 0.251. The first-order valence-corrected chi connectivity index (χ1v) is 12.3. The van der Waals surface area contributed by atoms with Gasteiger partial charge in [0.25, 0.3) is 0 Å². The Morgan fingerprint density at radius 2 is 2.07 bits per heavy atom. The Morgan fingerprint density at radius 1 is 1.27 bits per heavy atom. The lowest BCUT2D eigenvalue weighted by Gasteiger charge is -2.23. The van der Waals surface area contributed by atoms with E-state index in [1.807, 2.05) is 6.07 Å². The summed E-state index contributed by atoms with van der Waals surface area (Å²) in [6, 6.07) is 7.01. The Hall–Kier alpha value is -1.68. The van der Waals surface area contributed by atoms with Crippen LogP contribution in [0.3, 0.4) is 0 Å². The van der Waals surface area contributed by atoms with Gasteiger partial charge in [0.15, 0.2) is 5.96 Å². The first-order chi connectivity index (χ1) is 14.5. The van der Waals surface area contributed by atoms with E-state index >= 15 is 0 Å². The van der Waals surface area contributed by atoms with Gasteiger partial charge in [-0.25, -0.2) is 13.1 Å². The fourth-order valence-electron chi connectivity index (χ4n) is 4.20. The van der Waals surface area contributed by atoms with Crippen LogP contribution >= 0.6 is 0 Å². The molecular weight excluding hydrogens is 402 g/mol. The molecule has 1 aromatic carbocycles. The molecule has 1 unspecified atom stereocenters.